The molecule has 0 spiro atoms. The second-order valence-electron chi connectivity index (χ2n) is 3.33. The van der Waals surface area contributed by atoms with Gasteiger partial charge >= 0.3 is 0 Å². The van der Waals surface area contributed by atoms with Crippen LogP contribution in [0.4, 0.5) is 5.95 Å². The number of anilines is 1. The Hall–Kier alpha value is -2.64. The SMILES string of the molecule is CCOc1cc(/C=N\n2nnnc2N)ccc1O. The van der Waals surface area contributed by atoms with Crippen LogP contribution in [-0.2, 0) is 0 Å². The Kier molecular flexibility index (Phi) is 3.37. The van der Waals surface area contributed by atoms with E-state index in [1.807, 2.05) is 6.92 Å². The molecule has 0 fully saturated rings. The van der Waals surface area contributed by atoms with Crippen LogP contribution < -0.4 is 10.5 Å². The van der Waals surface area contributed by atoms with Gasteiger partial charge in [-0.05, 0) is 41.1 Å². The molecule has 1 aromatic heterocycles. The van der Waals surface area contributed by atoms with Crippen molar-refractivity contribution in [3.8, 4) is 11.5 Å². The number of benzene rings is 1. The maximum atomic E-state index is 9.54. The monoisotopic (exact) mass is 248 g/mol. The van der Waals surface area contributed by atoms with Crippen LogP contribution in [0.2, 0.25) is 0 Å². The van der Waals surface area contributed by atoms with Crippen LogP contribution in [-0.4, -0.2) is 38.2 Å². The van der Waals surface area contributed by atoms with E-state index in [0.717, 1.165) is 10.4 Å². The van der Waals surface area contributed by atoms with Crippen LogP contribution >= 0.6 is 0 Å². The number of aromatic hydroxyl groups is 1. The maximum Gasteiger partial charge on any atom is 0.263 e. The van der Waals surface area contributed by atoms with Gasteiger partial charge in [-0.2, -0.15) is 5.10 Å². The molecule has 2 aromatic rings. The quantitative estimate of drug-likeness (QED) is 0.750. The molecule has 0 unspecified atom stereocenters. The average molecular weight is 248 g/mol. The highest BCUT2D eigenvalue weighted by Gasteiger charge is 2.02. The van der Waals surface area contributed by atoms with E-state index in [4.69, 9.17) is 10.5 Å². The van der Waals surface area contributed by atoms with Crippen molar-refractivity contribution in [1.82, 2.24) is 20.3 Å². The number of phenols is 1. The molecule has 1 heterocycles. The first-order valence-electron chi connectivity index (χ1n) is 5.24. The van der Waals surface area contributed by atoms with Crippen LogP contribution in [0.1, 0.15) is 12.5 Å². The summed E-state index contributed by atoms with van der Waals surface area (Å²) in [6.45, 7) is 2.30. The number of aromatic nitrogens is 4. The summed E-state index contributed by atoms with van der Waals surface area (Å²) in [5.41, 5.74) is 6.18. The van der Waals surface area contributed by atoms with Crippen molar-refractivity contribution in [2.24, 2.45) is 5.10 Å². The van der Waals surface area contributed by atoms with Crippen molar-refractivity contribution in [2.75, 3.05) is 12.3 Å². The van der Waals surface area contributed by atoms with Crippen molar-refractivity contribution in [2.45, 2.75) is 6.92 Å². The summed E-state index contributed by atoms with van der Waals surface area (Å²) in [5, 5.41) is 23.9. The van der Waals surface area contributed by atoms with Gasteiger partial charge < -0.3 is 15.6 Å². The highest BCUT2D eigenvalue weighted by molar-refractivity contribution is 5.80. The van der Waals surface area contributed by atoms with Crippen LogP contribution in [0, 0.1) is 0 Å². The normalized spacial score (nSPS) is 10.9. The molecule has 3 N–H and O–H groups in total. The van der Waals surface area contributed by atoms with E-state index in [-0.39, 0.29) is 11.7 Å². The molecule has 1 aromatic carbocycles. The summed E-state index contributed by atoms with van der Waals surface area (Å²) < 4.78 is 5.25. The lowest BCUT2D eigenvalue weighted by molar-refractivity contribution is 0.318. The van der Waals surface area contributed by atoms with E-state index in [9.17, 15) is 5.11 Å². The minimum absolute atomic E-state index is 0.0796. The van der Waals surface area contributed by atoms with Gasteiger partial charge in [0.25, 0.3) is 5.95 Å². The van der Waals surface area contributed by atoms with E-state index in [1.54, 1.807) is 12.1 Å². The number of rotatable bonds is 4. The first-order valence-corrected chi connectivity index (χ1v) is 5.24. The van der Waals surface area contributed by atoms with Crippen LogP contribution in [0.5, 0.6) is 11.5 Å². The molecule has 0 atom stereocenters. The lowest BCUT2D eigenvalue weighted by Crippen LogP contribution is -2.00. The topological polar surface area (TPSA) is 111 Å². The van der Waals surface area contributed by atoms with Gasteiger partial charge in [-0.15, -0.1) is 0 Å². The van der Waals surface area contributed by atoms with E-state index < -0.39 is 0 Å². The first-order chi connectivity index (χ1) is 8.70. The average Bonchev–Trinajstić information content (AvgIpc) is 2.76. The molecule has 2 rings (SSSR count). The molecule has 0 aliphatic carbocycles. The molecule has 8 nitrogen and oxygen atoms in total. The summed E-state index contributed by atoms with van der Waals surface area (Å²) in [6.07, 6.45) is 1.51. The van der Waals surface area contributed by atoms with Crippen molar-refractivity contribution in [1.29, 1.82) is 0 Å². The molecular formula is C10H12N6O2. The summed E-state index contributed by atoms with van der Waals surface area (Å²) >= 11 is 0. The van der Waals surface area contributed by atoms with Gasteiger partial charge in [0.2, 0.25) is 0 Å². The first kappa shape index (κ1) is 11.8. The fourth-order valence-corrected chi connectivity index (χ4v) is 1.28. The third kappa shape index (κ3) is 2.54. The Balaban J connectivity index is 2.22. The third-order valence-corrected chi connectivity index (χ3v) is 2.08. The Morgan fingerprint density at radius 3 is 3.06 bits per heavy atom. The second-order valence-corrected chi connectivity index (χ2v) is 3.33. The van der Waals surface area contributed by atoms with Crippen molar-refractivity contribution >= 4 is 12.2 Å². The number of hydrogen-bond acceptors (Lipinski definition) is 7. The predicted octanol–water partition coefficient (Wildman–Crippen LogP) is 0.242. The lowest BCUT2D eigenvalue weighted by Gasteiger charge is -2.05. The minimum Gasteiger partial charge on any atom is -0.504 e. The molecule has 0 aliphatic rings. The fraction of sp³-hybridized carbons (Fsp3) is 0.200. The zero-order chi connectivity index (χ0) is 13.0. The number of tetrazole rings is 1. The number of ether oxygens (including phenoxy) is 1. The Morgan fingerprint density at radius 2 is 2.39 bits per heavy atom. The lowest BCUT2D eigenvalue weighted by atomic mass is 10.2. The number of nitrogens with two attached hydrogens (primary N) is 1. The smallest absolute Gasteiger partial charge is 0.263 e. The standard InChI is InChI=1S/C10H12N6O2/c1-2-18-9-5-7(3-4-8(9)17)6-12-16-10(11)13-14-15-16/h3-6,17H,2H2,1H3,(H2,11,13,15)/b12-6-. The maximum absolute atomic E-state index is 9.54. The van der Waals surface area contributed by atoms with E-state index in [2.05, 4.69) is 20.6 Å². The highest BCUT2D eigenvalue weighted by Crippen LogP contribution is 2.26. The molecule has 0 amide bonds. The van der Waals surface area contributed by atoms with Gasteiger partial charge in [0.15, 0.2) is 11.5 Å². The molecule has 0 aliphatic heterocycles. The van der Waals surface area contributed by atoms with Gasteiger partial charge in [0, 0.05) is 0 Å². The van der Waals surface area contributed by atoms with Crippen molar-refractivity contribution in [3.63, 3.8) is 0 Å². The molecule has 94 valence electrons. The minimum atomic E-state index is 0.0796. The summed E-state index contributed by atoms with van der Waals surface area (Å²) in [5.74, 6) is 0.567. The van der Waals surface area contributed by atoms with E-state index in [0.29, 0.717) is 12.4 Å². The van der Waals surface area contributed by atoms with E-state index >= 15 is 0 Å². The van der Waals surface area contributed by atoms with Crippen molar-refractivity contribution in [3.05, 3.63) is 23.8 Å². The van der Waals surface area contributed by atoms with Gasteiger partial charge in [-0.1, -0.05) is 9.89 Å². The molecule has 18 heavy (non-hydrogen) atoms. The zero-order valence-electron chi connectivity index (χ0n) is 9.69. The zero-order valence-corrected chi connectivity index (χ0v) is 9.69. The number of phenolic OH excluding ortho intramolecular Hbond substituents is 1. The van der Waals surface area contributed by atoms with E-state index in [1.165, 1.54) is 12.3 Å². The summed E-state index contributed by atoms with van der Waals surface area (Å²) in [6, 6.07) is 4.86. The number of hydrogen-bond donors (Lipinski definition) is 2. The third-order valence-electron chi connectivity index (χ3n) is 2.08. The largest absolute Gasteiger partial charge is 0.504 e. The Labute approximate surface area is 103 Å². The van der Waals surface area contributed by atoms with Gasteiger partial charge in [0.05, 0.1) is 12.8 Å². The van der Waals surface area contributed by atoms with Crippen molar-refractivity contribution < 1.29 is 9.84 Å². The molecule has 8 heteroatoms. The Bertz CT molecular complexity index is 565. The molecule has 0 radical (unpaired) electrons. The predicted molar refractivity (Wildman–Crippen MR) is 64.5 cm³/mol. The molecule has 0 saturated heterocycles. The summed E-state index contributed by atoms with van der Waals surface area (Å²) in [4.78, 5) is 1.09. The summed E-state index contributed by atoms with van der Waals surface area (Å²) in [7, 11) is 0. The second kappa shape index (κ2) is 5.13. The highest BCUT2D eigenvalue weighted by atomic mass is 16.5. The van der Waals surface area contributed by atoms with Gasteiger partial charge in [0.1, 0.15) is 0 Å². The fourth-order valence-electron chi connectivity index (χ4n) is 1.28. The molecular weight excluding hydrogens is 236 g/mol. The van der Waals surface area contributed by atoms with Crippen LogP contribution in [0.15, 0.2) is 23.3 Å². The van der Waals surface area contributed by atoms with Crippen LogP contribution in [0.3, 0.4) is 0 Å². The number of nitrogens with zero attached hydrogens (tertiary/aromatic N) is 5. The van der Waals surface area contributed by atoms with Gasteiger partial charge in [-0.25, -0.2) is 0 Å². The Morgan fingerprint density at radius 1 is 1.56 bits per heavy atom. The van der Waals surface area contributed by atoms with Crippen LogP contribution in [0.25, 0.3) is 0 Å². The molecule has 0 bridgehead atoms. The molecule has 0 saturated carbocycles. The number of nitrogen functional groups attached to an aromatic ring is 1. The van der Waals surface area contributed by atoms with Gasteiger partial charge in [-0.3, -0.25) is 0 Å².